The normalized spacial score (nSPS) is 10.2. The number of amides is 1. The van der Waals surface area contributed by atoms with Crippen LogP contribution in [0.25, 0.3) is 0 Å². The van der Waals surface area contributed by atoms with E-state index in [1.807, 2.05) is 36.6 Å². The molecule has 0 spiro atoms. The van der Waals surface area contributed by atoms with Crippen molar-refractivity contribution in [3.63, 3.8) is 0 Å². The molecular weight excluding hydrogens is 290 g/mol. The second kappa shape index (κ2) is 6.58. The van der Waals surface area contributed by atoms with Gasteiger partial charge in [-0.2, -0.15) is 0 Å². The Hall–Kier alpha value is -1.79. The Morgan fingerprint density at radius 1 is 1.40 bits per heavy atom. The zero-order valence-electron chi connectivity index (χ0n) is 11.1. The summed E-state index contributed by atoms with van der Waals surface area (Å²) in [6.07, 6.45) is 0.335. The van der Waals surface area contributed by atoms with E-state index in [1.165, 1.54) is 0 Å². The molecule has 0 bridgehead atoms. The number of thiocarbonyl (C=S) groups is 1. The van der Waals surface area contributed by atoms with E-state index < -0.39 is 0 Å². The molecule has 20 heavy (non-hydrogen) atoms. The van der Waals surface area contributed by atoms with E-state index in [1.54, 1.807) is 11.3 Å². The van der Waals surface area contributed by atoms with E-state index in [2.05, 4.69) is 10.3 Å². The van der Waals surface area contributed by atoms with Gasteiger partial charge in [0.05, 0.1) is 13.0 Å². The highest BCUT2D eigenvalue weighted by Crippen LogP contribution is 2.08. The lowest BCUT2D eigenvalue weighted by Gasteiger charge is -2.04. The Morgan fingerprint density at radius 2 is 2.10 bits per heavy atom. The van der Waals surface area contributed by atoms with Gasteiger partial charge in [-0.1, -0.05) is 36.5 Å². The molecule has 1 aromatic carbocycles. The fourth-order valence-corrected chi connectivity index (χ4v) is 2.54. The van der Waals surface area contributed by atoms with Crippen molar-refractivity contribution in [2.45, 2.75) is 19.9 Å². The van der Waals surface area contributed by atoms with Crippen LogP contribution in [-0.4, -0.2) is 15.9 Å². The molecule has 0 atom stereocenters. The van der Waals surface area contributed by atoms with E-state index >= 15 is 0 Å². The number of carbonyl (C=O) groups excluding carboxylic acids is 1. The second-order valence-electron chi connectivity index (χ2n) is 4.40. The molecule has 104 valence electrons. The number of benzene rings is 1. The lowest BCUT2D eigenvalue weighted by Crippen LogP contribution is -2.24. The highest BCUT2D eigenvalue weighted by atomic mass is 32.1. The zero-order chi connectivity index (χ0) is 14.5. The first-order valence-electron chi connectivity index (χ1n) is 6.11. The van der Waals surface area contributed by atoms with Gasteiger partial charge in [0.25, 0.3) is 0 Å². The summed E-state index contributed by atoms with van der Waals surface area (Å²) >= 11 is 6.43. The van der Waals surface area contributed by atoms with Crippen LogP contribution in [0.15, 0.2) is 29.6 Å². The molecule has 0 saturated heterocycles. The number of rotatable bonds is 5. The maximum atomic E-state index is 11.8. The summed E-state index contributed by atoms with van der Waals surface area (Å²) in [5, 5.41) is 5.74. The lowest BCUT2D eigenvalue weighted by atomic mass is 10.1. The third-order valence-corrected chi connectivity index (χ3v) is 3.91. The number of nitrogens with one attached hydrogen (secondary N) is 1. The largest absolute Gasteiger partial charge is 0.389 e. The number of nitrogens with two attached hydrogens (primary N) is 1. The summed E-state index contributed by atoms with van der Waals surface area (Å²) < 4.78 is 0. The number of aryl methyl sites for hydroxylation is 1. The smallest absolute Gasteiger partial charge is 0.224 e. The summed E-state index contributed by atoms with van der Waals surface area (Å²) in [6, 6.07) is 7.38. The highest BCUT2D eigenvalue weighted by Gasteiger charge is 2.05. The predicted molar refractivity (Wildman–Crippen MR) is 84.7 cm³/mol. The minimum Gasteiger partial charge on any atom is -0.389 e. The Balaban J connectivity index is 1.86. The standard InChI is InChI=1S/C14H15N3OS2/c1-9-8-20-13(17-9)7-16-12(18)6-10-2-4-11(5-3-10)14(15)19/h2-5,8H,6-7H2,1H3,(H2,15,19)(H,16,18). The van der Waals surface area contributed by atoms with Gasteiger partial charge in [0.2, 0.25) is 5.91 Å². The first kappa shape index (κ1) is 14.6. The molecule has 1 amide bonds. The third kappa shape index (κ3) is 4.11. The van der Waals surface area contributed by atoms with E-state index in [0.29, 0.717) is 18.0 Å². The molecular formula is C14H15N3OS2. The van der Waals surface area contributed by atoms with Crippen molar-refractivity contribution in [2.24, 2.45) is 5.73 Å². The summed E-state index contributed by atoms with van der Waals surface area (Å²) in [6.45, 7) is 2.41. The van der Waals surface area contributed by atoms with Crippen LogP contribution in [0.1, 0.15) is 21.8 Å². The van der Waals surface area contributed by atoms with E-state index in [9.17, 15) is 4.79 Å². The van der Waals surface area contributed by atoms with Gasteiger partial charge < -0.3 is 11.1 Å². The first-order chi connectivity index (χ1) is 9.54. The molecule has 0 radical (unpaired) electrons. The monoisotopic (exact) mass is 305 g/mol. The van der Waals surface area contributed by atoms with Crippen LogP contribution in [0.2, 0.25) is 0 Å². The number of carbonyl (C=O) groups is 1. The van der Waals surface area contributed by atoms with Gasteiger partial charge in [-0.05, 0) is 12.5 Å². The summed E-state index contributed by atoms with van der Waals surface area (Å²) in [5.41, 5.74) is 8.24. The Kier molecular flexibility index (Phi) is 4.81. The maximum absolute atomic E-state index is 11.8. The maximum Gasteiger partial charge on any atom is 0.224 e. The fraction of sp³-hybridized carbons (Fsp3) is 0.214. The van der Waals surface area contributed by atoms with Crippen molar-refractivity contribution in [2.75, 3.05) is 0 Å². The molecule has 0 aliphatic heterocycles. The molecule has 6 heteroatoms. The highest BCUT2D eigenvalue weighted by molar-refractivity contribution is 7.80. The molecule has 0 aliphatic rings. The van der Waals surface area contributed by atoms with Crippen LogP contribution in [0.5, 0.6) is 0 Å². The van der Waals surface area contributed by atoms with Gasteiger partial charge in [0.1, 0.15) is 10.00 Å². The molecule has 2 aromatic rings. The van der Waals surface area contributed by atoms with Crippen molar-refractivity contribution >= 4 is 34.5 Å². The lowest BCUT2D eigenvalue weighted by molar-refractivity contribution is -0.120. The molecule has 1 aromatic heterocycles. The quantitative estimate of drug-likeness (QED) is 0.829. The Morgan fingerprint density at radius 3 is 2.65 bits per heavy atom. The van der Waals surface area contributed by atoms with Crippen LogP contribution in [0, 0.1) is 6.92 Å². The number of aromatic nitrogens is 1. The molecule has 2 rings (SSSR count). The predicted octanol–water partition coefficient (Wildman–Crippen LogP) is 1.94. The Bertz CT molecular complexity index is 620. The average Bonchev–Trinajstić information content (AvgIpc) is 2.83. The van der Waals surface area contributed by atoms with Gasteiger partial charge in [0.15, 0.2) is 0 Å². The van der Waals surface area contributed by atoms with Crippen molar-refractivity contribution in [1.29, 1.82) is 0 Å². The SMILES string of the molecule is Cc1csc(CNC(=O)Cc2ccc(C(N)=S)cc2)n1. The van der Waals surface area contributed by atoms with Crippen molar-refractivity contribution in [3.8, 4) is 0 Å². The van der Waals surface area contributed by atoms with E-state index in [-0.39, 0.29) is 5.91 Å². The first-order valence-corrected chi connectivity index (χ1v) is 7.40. The number of hydrogen-bond donors (Lipinski definition) is 2. The molecule has 0 aliphatic carbocycles. The van der Waals surface area contributed by atoms with Crippen molar-refractivity contribution in [3.05, 3.63) is 51.5 Å². The van der Waals surface area contributed by atoms with Gasteiger partial charge in [-0.3, -0.25) is 4.79 Å². The third-order valence-electron chi connectivity index (χ3n) is 2.71. The fourth-order valence-electron chi connectivity index (χ4n) is 1.69. The second-order valence-corrected chi connectivity index (χ2v) is 5.78. The summed E-state index contributed by atoms with van der Waals surface area (Å²) in [5.74, 6) is -0.0269. The minimum atomic E-state index is -0.0269. The van der Waals surface area contributed by atoms with Crippen LogP contribution in [0.3, 0.4) is 0 Å². The van der Waals surface area contributed by atoms with Gasteiger partial charge in [0, 0.05) is 16.6 Å². The number of nitrogens with zero attached hydrogens (tertiary/aromatic N) is 1. The van der Waals surface area contributed by atoms with Crippen LogP contribution >= 0.6 is 23.6 Å². The number of hydrogen-bond acceptors (Lipinski definition) is 4. The molecule has 3 N–H and O–H groups in total. The minimum absolute atomic E-state index is 0.0269. The van der Waals surface area contributed by atoms with Crippen molar-refractivity contribution < 1.29 is 4.79 Å². The molecule has 0 saturated carbocycles. The summed E-state index contributed by atoms with van der Waals surface area (Å²) in [7, 11) is 0. The number of thiazole rings is 1. The Labute approximate surface area is 127 Å². The van der Waals surface area contributed by atoms with Crippen LogP contribution in [-0.2, 0) is 17.8 Å². The molecule has 1 heterocycles. The molecule has 0 fully saturated rings. The van der Waals surface area contributed by atoms with E-state index in [4.69, 9.17) is 18.0 Å². The molecule has 0 unspecified atom stereocenters. The molecule has 4 nitrogen and oxygen atoms in total. The summed E-state index contributed by atoms with van der Waals surface area (Å²) in [4.78, 5) is 16.5. The van der Waals surface area contributed by atoms with Gasteiger partial charge in [-0.15, -0.1) is 11.3 Å². The topological polar surface area (TPSA) is 68.0 Å². The zero-order valence-corrected chi connectivity index (χ0v) is 12.7. The van der Waals surface area contributed by atoms with Gasteiger partial charge in [-0.25, -0.2) is 4.98 Å². The van der Waals surface area contributed by atoms with Crippen LogP contribution < -0.4 is 11.1 Å². The average molecular weight is 305 g/mol. The van der Waals surface area contributed by atoms with E-state index in [0.717, 1.165) is 21.8 Å². The van der Waals surface area contributed by atoms with Crippen LogP contribution in [0.4, 0.5) is 0 Å². The van der Waals surface area contributed by atoms with Crippen molar-refractivity contribution in [1.82, 2.24) is 10.3 Å². The van der Waals surface area contributed by atoms with Gasteiger partial charge >= 0.3 is 0 Å².